The summed E-state index contributed by atoms with van der Waals surface area (Å²) in [6, 6.07) is 0.142. The monoisotopic (exact) mass is 339 g/mol. The van der Waals surface area contributed by atoms with Crippen LogP contribution in [0.15, 0.2) is 18.7 Å². The topological polar surface area (TPSA) is 64.0 Å². The maximum absolute atomic E-state index is 12.2. The van der Waals surface area contributed by atoms with Crippen molar-refractivity contribution in [2.24, 2.45) is 11.8 Å². The Balaban J connectivity index is 1.31. The van der Waals surface area contributed by atoms with Crippen molar-refractivity contribution in [2.45, 2.75) is 70.4 Å². The average molecular weight is 340 g/mol. The number of rotatable bonds is 8. The molecule has 23 heavy (non-hydrogen) atoms. The second-order valence-electron chi connectivity index (χ2n) is 7.38. The summed E-state index contributed by atoms with van der Waals surface area (Å²) in [4.78, 5) is 4.04. The maximum atomic E-state index is 12.2. The largest absolute Gasteiger partial charge is 0.337 e. The van der Waals surface area contributed by atoms with E-state index in [4.69, 9.17) is 0 Å². The van der Waals surface area contributed by atoms with Gasteiger partial charge in [-0.1, -0.05) is 32.1 Å². The molecule has 0 unspecified atom stereocenters. The summed E-state index contributed by atoms with van der Waals surface area (Å²) in [5.41, 5.74) is 0. The highest BCUT2D eigenvalue weighted by molar-refractivity contribution is 7.89. The number of hydrogen-bond donors (Lipinski definition) is 1. The fraction of sp³-hybridized carbons (Fsp3) is 0.824. The van der Waals surface area contributed by atoms with Crippen LogP contribution < -0.4 is 4.72 Å². The van der Waals surface area contributed by atoms with E-state index in [1.807, 2.05) is 12.5 Å². The molecule has 0 radical (unpaired) electrons. The highest BCUT2D eigenvalue weighted by atomic mass is 32.2. The summed E-state index contributed by atoms with van der Waals surface area (Å²) >= 11 is 0. The normalized spacial score (nSPS) is 26.1. The van der Waals surface area contributed by atoms with Gasteiger partial charge in [0.2, 0.25) is 10.0 Å². The summed E-state index contributed by atoms with van der Waals surface area (Å²) < 4.78 is 29.3. The van der Waals surface area contributed by atoms with Crippen LogP contribution in [0, 0.1) is 11.8 Å². The van der Waals surface area contributed by atoms with Crippen molar-refractivity contribution in [3.8, 4) is 0 Å². The molecule has 2 saturated carbocycles. The molecule has 0 bridgehead atoms. The van der Waals surface area contributed by atoms with Gasteiger partial charge in [-0.15, -0.1) is 0 Å². The van der Waals surface area contributed by atoms with Crippen molar-refractivity contribution in [3.05, 3.63) is 18.7 Å². The van der Waals surface area contributed by atoms with Gasteiger partial charge in [-0.3, -0.25) is 0 Å². The van der Waals surface area contributed by atoms with E-state index in [0.717, 1.165) is 38.1 Å². The molecule has 1 heterocycles. The van der Waals surface area contributed by atoms with Gasteiger partial charge in [0.05, 0.1) is 12.1 Å². The predicted molar refractivity (Wildman–Crippen MR) is 91.5 cm³/mol. The van der Waals surface area contributed by atoms with Crippen LogP contribution in [0.5, 0.6) is 0 Å². The minimum atomic E-state index is -3.10. The van der Waals surface area contributed by atoms with Crippen LogP contribution in [-0.2, 0) is 16.6 Å². The van der Waals surface area contributed by atoms with E-state index in [-0.39, 0.29) is 6.04 Å². The van der Waals surface area contributed by atoms with Gasteiger partial charge in [0.15, 0.2) is 0 Å². The molecule has 0 aromatic carbocycles. The molecular formula is C17H29N3O2S. The first kappa shape index (κ1) is 17.0. The van der Waals surface area contributed by atoms with E-state index in [2.05, 4.69) is 14.3 Å². The Kier molecular flexibility index (Phi) is 5.75. The Bertz CT molecular complexity index is 559. The lowest BCUT2D eigenvalue weighted by Gasteiger charge is -2.35. The SMILES string of the molecule is O=S(=O)(CCCC1CCCCC1)NC1CC(Cn2ccnc2)C1. The third-order valence-electron chi connectivity index (χ3n) is 5.36. The summed E-state index contributed by atoms with van der Waals surface area (Å²) in [6.07, 6.45) is 16.0. The molecule has 1 aromatic heterocycles. The standard InChI is InChI=1S/C17H29N3O2S/c21-23(22,10-4-7-15-5-2-1-3-6-15)19-17-11-16(12-17)13-20-9-8-18-14-20/h8-9,14-17,19H,1-7,10-13H2. The van der Waals surface area contributed by atoms with E-state index < -0.39 is 10.0 Å². The molecule has 0 saturated heterocycles. The Labute approximate surface area is 139 Å². The van der Waals surface area contributed by atoms with Crippen molar-refractivity contribution < 1.29 is 8.42 Å². The maximum Gasteiger partial charge on any atom is 0.211 e. The first-order valence-corrected chi connectivity index (χ1v) is 10.7. The molecule has 1 aromatic rings. The van der Waals surface area contributed by atoms with E-state index >= 15 is 0 Å². The fourth-order valence-corrected chi connectivity index (χ4v) is 5.39. The van der Waals surface area contributed by atoms with Gasteiger partial charge in [0.1, 0.15) is 0 Å². The van der Waals surface area contributed by atoms with Gasteiger partial charge in [-0.25, -0.2) is 18.1 Å². The first-order valence-electron chi connectivity index (χ1n) is 9.06. The second kappa shape index (κ2) is 7.79. The van der Waals surface area contributed by atoms with Crippen LogP contribution in [0.2, 0.25) is 0 Å². The van der Waals surface area contributed by atoms with Gasteiger partial charge in [-0.2, -0.15) is 0 Å². The molecule has 6 heteroatoms. The minimum Gasteiger partial charge on any atom is -0.337 e. The third kappa shape index (κ3) is 5.31. The Hall–Kier alpha value is -0.880. The molecule has 1 N–H and O–H groups in total. The first-order chi connectivity index (χ1) is 11.1. The van der Waals surface area contributed by atoms with Crippen molar-refractivity contribution in [3.63, 3.8) is 0 Å². The molecule has 130 valence electrons. The predicted octanol–water partition coefficient (Wildman–Crippen LogP) is 2.94. The molecule has 2 aliphatic carbocycles. The Morgan fingerprint density at radius 3 is 2.61 bits per heavy atom. The molecule has 2 fully saturated rings. The van der Waals surface area contributed by atoms with Crippen molar-refractivity contribution in [1.29, 1.82) is 0 Å². The van der Waals surface area contributed by atoms with Crippen LogP contribution in [0.4, 0.5) is 0 Å². The molecule has 3 rings (SSSR count). The summed E-state index contributed by atoms with van der Waals surface area (Å²) in [5, 5.41) is 0. The van der Waals surface area contributed by atoms with E-state index in [1.54, 1.807) is 6.20 Å². The van der Waals surface area contributed by atoms with E-state index in [1.165, 1.54) is 32.1 Å². The molecule has 0 aliphatic heterocycles. The van der Waals surface area contributed by atoms with Gasteiger partial charge < -0.3 is 4.57 Å². The lowest BCUT2D eigenvalue weighted by Crippen LogP contribution is -2.46. The van der Waals surface area contributed by atoms with Gasteiger partial charge >= 0.3 is 0 Å². The van der Waals surface area contributed by atoms with Crippen molar-refractivity contribution >= 4 is 10.0 Å². The van der Waals surface area contributed by atoms with Crippen LogP contribution in [0.1, 0.15) is 57.8 Å². The molecular weight excluding hydrogens is 310 g/mol. The van der Waals surface area contributed by atoms with Crippen LogP contribution in [0.3, 0.4) is 0 Å². The summed E-state index contributed by atoms with van der Waals surface area (Å²) in [7, 11) is -3.10. The summed E-state index contributed by atoms with van der Waals surface area (Å²) in [6.45, 7) is 0.944. The zero-order valence-electron chi connectivity index (χ0n) is 13.9. The number of hydrogen-bond acceptors (Lipinski definition) is 3. The number of imidazole rings is 1. The van der Waals surface area contributed by atoms with E-state index in [9.17, 15) is 8.42 Å². The number of nitrogens with one attached hydrogen (secondary N) is 1. The highest BCUT2D eigenvalue weighted by Gasteiger charge is 2.32. The van der Waals surface area contributed by atoms with Gasteiger partial charge in [0, 0.05) is 25.0 Å². The zero-order chi connectivity index (χ0) is 16.1. The lowest BCUT2D eigenvalue weighted by atomic mass is 9.81. The van der Waals surface area contributed by atoms with Gasteiger partial charge in [-0.05, 0) is 37.5 Å². The summed E-state index contributed by atoms with van der Waals surface area (Å²) in [5.74, 6) is 1.63. The molecule has 0 amide bonds. The van der Waals surface area contributed by atoms with Crippen LogP contribution >= 0.6 is 0 Å². The van der Waals surface area contributed by atoms with Crippen molar-refractivity contribution in [2.75, 3.05) is 5.75 Å². The lowest BCUT2D eigenvalue weighted by molar-refractivity contribution is 0.220. The second-order valence-corrected chi connectivity index (χ2v) is 9.25. The van der Waals surface area contributed by atoms with Gasteiger partial charge in [0.25, 0.3) is 0 Å². The average Bonchev–Trinajstić information content (AvgIpc) is 2.99. The Morgan fingerprint density at radius 1 is 1.13 bits per heavy atom. The van der Waals surface area contributed by atoms with Crippen LogP contribution in [0.25, 0.3) is 0 Å². The number of nitrogens with zero attached hydrogens (tertiary/aromatic N) is 2. The number of sulfonamides is 1. The molecule has 5 nitrogen and oxygen atoms in total. The van der Waals surface area contributed by atoms with E-state index in [0.29, 0.717) is 11.7 Å². The molecule has 2 aliphatic rings. The smallest absolute Gasteiger partial charge is 0.211 e. The zero-order valence-corrected chi connectivity index (χ0v) is 14.7. The Morgan fingerprint density at radius 2 is 1.91 bits per heavy atom. The molecule has 0 atom stereocenters. The molecule has 0 spiro atoms. The minimum absolute atomic E-state index is 0.142. The number of aromatic nitrogens is 2. The highest BCUT2D eigenvalue weighted by Crippen LogP contribution is 2.30. The third-order valence-corrected chi connectivity index (χ3v) is 6.88. The van der Waals surface area contributed by atoms with Crippen molar-refractivity contribution in [1.82, 2.24) is 14.3 Å². The fourth-order valence-electron chi connectivity index (χ4n) is 4.02. The van der Waals surface area contributed by atoms with Crippen LogP contribution in [-0.4, -0.2) is 29.8 Å². The quantitative estimate of drug-likeness (QED) is 0.792.